The van der Waals surface area contributed by atoms with Gasteiger partial charge in [-0.15, -0.1) is 0 Å². The molecule has 1 aliphatic carbocycles. The van der Waals surface area contributed by atoms with Gasteiger partial charge in [0.05, 0.1) is 24.4 Å². The van der Waals surface area contributed by atoms with Crippen molar-refractivity contribution in [2.45, 2.75) is 65.3 Å². The number of amides is 1. The van der Waals surface area contributed by atoms with Crippen LogP contribution in [-0.4, -0.2) is 58.4 Å². The number of allylic oxidation sites excluding steroid dienone is 3. The van der Waals surface area contributed by atoms with Crippen molar-refractivity contribution in [2.75, 3.05) is 12.4 Å². The number of dihydropyridines is 1. The zero-order valence-corrected chi connectivity index (χ0v) is 22.1. The van der Waals surface area contributed by atoms with Gasteiger partial charge in [-0.2, -0.15) is 0 Å². The molecule has 1 aliphatic heterocycles. The average molecular weight is 509 g/mol. The van der Waals surface area contributed by atoms with Gasteiger partial charge in [0, 0.05) is 30.6 Å². The molecular formula is C28H37FN6O2. The van der Waals surface area contributed by atoms with Crippen molar-refractivity contribution in [2.24, 2.45) is 5.92 Å². The molecule has 5 N–H and O–H groups in total. The summed E-state index contributed by atoms with van der Waals surface area (Å²) in [6.07, 6.45) is 10.5. The molecule has 4 atom stereocenters. The minimum absolute atomic E-state index is 0.173. The third kappa shape index (κ3) is 6.60. The van der Waals surface area contributed by atoms with Crippen LogP contribution in [0.25, 0.3) is 6.08 Å². The predicted octanol–water partition coefficient (Wildman–Crippen LogP) is 4.50. The Bertz CT molecular complexity index is 1190. The number of hydrogen-bond acceptors (Lipinski definition) is 6. The first-order valence-corrected chi connectivity index (χ1v) is 12.6. The van der Waals surface area contributed by atoms with Crippen LogP contribution in [0.5, 0.6) is 0 Å². The van der Waals surface area contributed by atoms with E-state index in [9.17, 15) is 14.3 Å². The third-order valence-corrected chi connectivity index (χ3v) is 6.65. The van der Waals surface area contributed by atoms with E-state index in [1.54, 1.807) is 19.3 Å². The van der Waals surface area contributed by atoms with Gasteiger partial charge in [0.25, 0.3) is 0 Å². The van der Waals surface area contributed by atoms with Crippen LogP contribution in [0, 0.1) is 23.7 Å². The van der Waals surface area contributed by atoms with Crippen molar-refractivity contribution in [3.63, 3.8) is 0 Å². The average Bonchev–Trinajstić information content (AvgIpc) is 3.62. The molecule has 0 bridgehead atoms. The molecule has 37 heavy (non-hydrogen) atoms. The number of aromatic nitrogens is 1. The van der Waals surface area contributed by atoms with E-state index >= 15 is 0 Å². The fourth-order valence-electron chi connectivity index (χ4n) is 4.16. The highest BCUT2D eigenvalue weighted by molar-refractivity contribution is 6.07. The standard InChI is InChI=1S/C28H37FN6O2/c1-6-8-19(27(31)35(5)15-30)20(22-14-32-24(9-17(22)4)25(36)7-2)11-18-13-33-26(10-16(18)3)34-28(37)21-12-23(21)29/h8-11,13-15,21,23-25,30-32,36H,6-7,12H2,1-5H3,(H,33,34,37)/b19-8-,20-11+,30-15?,31-27?. The SMILES string of the molecule is CC/C=C(C(=N)N(C)C=N)/C(=C\c1cnc(NC(=O)C2CC2F)cc1C)C1=CNC(C(O)CC)C=C1C. The van der Waals surface area contributed by atoms with Crippen LogP contribution >= 0.6 is 0 Å². The number of nitrogens with zero attached hydrogens (tertiary/aromatic N) is 2. The zero-order chi connectivity index (χ0) is 27.3. The number of aryl methyl sites for hydroxylation is 1. The second-order valence-corrected chi connectivity index (χ2v) is 9.52. The number of amidine groups is 1. The monoisotopic (exact) mass is 508 g/mol. The number of anilines is 1. The number of alkyl halides is 1. The van der Waals surface area contributed by atoms with Crippen molar-refractivity contribution >= 4 is 30.0 Å². The molecule has 8 nitrogen and oxygen atoms in total. The molecular weight excluding hydrogens is 471 g/mol. The summed E-state index contributed by atoms with van der Waals surface area (Å²) in [5.41, 5.74) is 4.88. The molecule has 198 valence electrons. The van der Waals surface area contributed by atoms with Gasteiger partial charge in [-0.25, -0.2) is 9.37 Å². The van der Waals surface area contributed by atoms with Crippen LogP contribution in [0.1, 0.15) is 51.2 Å². The van der Waals surface area contributed by atoms with Gasteiger partial charge in [-0.1, -0.05) is 26.0 Å². The number of aliphatic hydroxyl groups is 1. The number of rotatable bonds is 10. The van der Waals surface area contributed by atoms with Crippen LogP contribution in [0.15, 0.2) is 52.9 Å². The lowest BCUT2D eigenvalue weighted by molar-refractivity contribution is -0.117. The first kappa shape index (κ1) is 28.0. The zero-order valence-electron chi connectivity index (χ0n) is 22.1. The fraction of sp³-hybridized carbons (Fsp3) is 0.429. The first-order chi connectivity index (χ1) is 17.6. The van der Waals surface area contributed by atoms with Gasteiger partial charge < -0.3 is 20.6 Å². The van der Waals surface area contributed by atoms with Crippen molar-refractivity contribution < 1.29 is 14.3 Å². The maximum atomic E-state index is 13.2. The fourth-order valence-corrected chi connectivity index (χ4v) is 4.16. The van der Waals surface area contributed by atoms with Crippen molar-refractivity contribution in [3.8, 4) is 0 Å². The molecule has 0 spiro atoms. The lowest BCUT2D eigenvalue weighted by Crippen LogP contribution is -2.37. The van der Waals surface area contributed by atoms with Crippen molar-refractivity contribution in [1.29, 1.82) is 10.8 Å². The summed E-state index contributed by atoms with van der Waals surface area (Å²) in [4.78, 5) is 17.9. The Labute approximate surface area is 218 Å². The van der Waals surface area contributed by atoms with Crippen LogP contribution < -0.4 is 10.6 Å². The van der Waals surface area contributed by atoms with E-state index < -0.39 is 18.2 Å². The molecule has 1 fully saturated rings. The molecule has 1 amide bonds. The normalized spacial score (nSPS) is 22.3. The van der Waals surface area contributed by atoms with Crippen LogP contribution in [0.4, 0.5) is 10.2 Å². The number of carbonyl (C=O) groups excluding carboxylic acids is 1. The summed E-state index contributed by atoms with van der Waals surface area (Å²) in [5.74, 6) is -0.413. The number of likely N-dealkylation sites (N-methyl/N-ethyl adjacent to an activating group) is 1. The van der Waals surface area contributed by atoms with E-state index in [2.05, 4.69) is 15.6 Å². The highest BCUT2D eigenvalue weighted by Crippen LogP contribution is 2.35. The summed E-state index contributed by atoms with van der Waals surface area (Å²) < 4.78 is 13.2. The number of halogens is 1. The largest absolute Gasteiger partial charge is 0.391 e. The van der Waals surface area contributed by atoms with Gasteiger partial charge in [-0.05, 0) is 67.5 Å². The van der Waals surface area contributed by atoms with Gasteiger partial charge in [0.1, 0.15) is 17.8 Å². The maximum absolute atomic E-state index is 13.2. The molecule has 1 saturated carbocycles. The minimum atomic E-state index is -1.07. The molecule has 0 aromatic carbocycles. The lowest BCUT2D eigenvalue weighted by atomic mass is 9.87. The Kier molecular flexibility index (Phi) is 9.15. The predicted molar refractivity (Wildman–Crippen MR) is 146 cm³/mol. The van der Waals surface area contributed by atoms with E-state index in [0.717, 1.165) is 34.2 Å². The Morgan fingerprint density at radius 1 is 1.41 bits per heavy atom. The first-order valence-electron chi connectivity index (χ1n) is 12.6. The number of pyridine rings is 1. The molecule has 2 aliphatic rings. The van der Waals surface area contributed by atoms with E-state index in [0.29, 0.717) is 24.2 Å². The van der Waals surface area contributed by atoms with Gasteiger partial charge in [0.15, 0.2) is 0 Å². The summed E-state index contributed by atoms with van der Waals surface area (Å²) in [6.45, 7) is 7.80. The number of nitrogens with one attached hydrogen (secondary N) is 4. The Hall–Kier alpha value is -3.59. The molecule has 9 heteroatoms. The highest BCUT2D eigenvalue weighted by Gasteiger charge is 2.43. The second-order valence-electron chi connectivity index (χ2n) is 9.52. The summed E-state index contributed by atoms with van der Waals surface area (Å²) >= 11 is 0. The molecule has 1 aromatic rings. The lowest BCUT2D eigenvalue weighted by Gasteiger charge is -2.28. The molecule has 2 heterocycles. The van der Waals surface area contributed by atoms with Crippen LogP contribution in [-0.2, 0) is 4.79 Å². The van der Waals surface area contributed by atoms with E-state index in [4.69, 9.17) is 10.8 Å². The van der Waals surface area contributed by atoms with Gasteiger partial charge in [-0.3, -0.25) is 15.6 Å². The van der Waals surface area contributed by atoms with E-state index in [1.165, 1.54) is 4.90 Å². The molecule has 1 aromatic heterocycles. The Morgan fingerprint density at radius 2 is 2.11 bits per heavy atom. The van der Waals surface area contributed by atoms with Crippen LogP contribution in [0.3, 0.4) is 0 Å². The van der Waals surface area contributed by atoms with Crippen molar-refractivity contribution in [3.05, 3.63) is 64.0 Å². The van der Waals surface area contributed by atoms with Gasteiger partial charge >= 0.3 is 0 Å². The van der Waals surface area contributed by atoms with E-state index in [1.807, 2.05) is 52.1 Å². The molecule has 4 unspecified atom stereocenters. The Morgan fingerprint density at radius 3 is 2.65 bits per heavy atom. The quantitative estimate of drug-likeness (QED) is 0.181. The number of aliphatic hydroxyl groups excluding tert-OH is 1. The van der Waals surface area contributed by atoms with Crippen molar-refractivity contribution in [1.82, 2.24) is 15.2 Å². The maximum Gasteiger partial charge on any atom is 0.231 e. The topological polar surface area (TPSA) is 125 Å². The van der Waals surface area contributed by atoms with Gasteiger partial charge in [0.2, 0.25) is 5.91 Å². The summed E-state index contributed by atoms with van der Waals surface area (Å²) in [7, 11) is 1.66. The third-order valence-electron chi connectivity index (χ3n) is 6.65. The van der Waals surface area contributed by atoms with E-state index in [-0.39, 0.29) is 24.2 Å². The highest BCUT2D eigenvalue weighted by atomic mass is 19.1. The Balaban J connectivity index is 2.04. The number of carbonyl (C=O) groups is 1. The molecule has 3 rings (SSSR count). The molecule has 0 radical (unpaired) electrons. The smallest absolute Gasteiger partial charge is 0.231 e. The minimum Gasteiger partial charge on any atom is -0.391 e. The number of hydrogen-bond donors (Lipinski definition) is 5. The summed E-state index contributed by atoms with van der Waals surface area (Å²) in [6, 6.07) is 1.54. The summed E-state index contributed by atoms with van der Waals surface area (Å²) in [5, 5.41) is 32.7. The molecule has 0 saturated heterocycles. The second kappa shape index (κ2) is 12.1. The van der Waals surface area contributed by atoms with Crippen LogP contribution in [0.2, 0.25) is 0 Å².